The number of aromatic nitrogens is 1. The van der Waals surface area contributed by atoms with E-state index < -0.39 is 19.9 Å². The van der Waals surface area contributed by atoms with E-state index in [1.807, 2.05) is 0 Å². The largest absolute Gasteiger partial charge is 0.361 e. The molecule has 0 radical (unpaired) electrons. The average Bonchev–Trinajstić information content (AvgIpc) is 2.83. The van der Waals surface area contributed by atoms with E-state index in [9.17, 15) is 16.8 Å². The molecule has 0 atom stereocenters. The van der Waals surface area contributed by atoms with Crippen LogP contribution >= 0.6 is 0 Å². The molecule has 0 amide bonds. The molecule has 9 heteroatoms. The Morgan fingerprint density at radius 1 is 1.14 bits per heavy atom. The second kappa shape index (κ2) is 5.82. The molecule has 0 aliphatic rings. The molecule has 7 nitrogen and oxygen atoms in total. The van der Waals surface area contributed by atoms with Crippen LogP contribution in [0.1, 0.15) is 11.5 Å². The summed E-state index contributed by atoms with van der Waals surface area (Å²) in [6, 6.07) is 7.13. The number of benzene rings is 1. The van der Waals surface area contributed by atoms with Gasteiger partial charge in [-0.15, -0.1) is 0 Å². The van der Waals surface area contributed by atoms with E-state index in [1.165, 1.54) is 31.3 Å². The second-order valence-electron chi connectivity index (χ2n) is 4.91. The second-order valence-corrected chi connectivity index (χ2v) is 8.91. The molecule has 2 aromatic rings. The molecule has 0 bridgehead atoms. The molecule has 0 aliphatic heterocycles. The third kappa shape index (κ3) is 3.37. The highest BCUT2D eigenvalue weighted by Crippen LogP contribution is 2.24. The quantitative estimate of drug-likeness (QED) is 0.808. The van der Waals surface area contributed by atoms with Crippen LogP contribution < -0.4 is 0 Å². The maximum absolute atomic E-state index is 12.6. The Kier molecular flexibility index (Phi) is 4.41. The smallest absolute Gasteiger partial charge is 0.244 e. The summed E-state index contributed by atoms with van der Waals surface area (Å²) in [6.45, 7) is 1.68. The van der Waals surface area contributed by atoms with Gasteiger partial charge < -0.3 is 4.52 Å². The van der Waals surface area contributed by atoms with E-state index in [-0.39, 0.29) is 16.3 Å². The Labute approximate surface area is 129 Å². The summed E-state index contributed by atoms with van der Waals surface area (Å²) in [5.41, 5.74) is 0.445. The number of hydrogen-bond donors (Lipinski definition) is 0. The van der Waals surface area contributed by atoms with E-state index in [1.54, 1.807) is 13.0 Å². The maximum Gasteiger partial charge on any atom is 0.244 e. The van der Waals surface area contributed by atoms with Crippen LogP contribution in [-0.4, -0.2) is 39.6 Å². The van der Waals surface area contributed by atoms with E-state index in [4.69, 9.17) is 4.52 Å². The first-order chi connectivity index (χ1) is 10.1. The van der Waals surface area contributed by atoms with Gasteiger partial charge in [0.05, 0.1) is 17.1 Å². The lowest BCUT2D eigenvalue weighted by atomic mass is 10.4. The van der Waals surface area contributed by atoms with Crippen molar-refractivity contribution in [3.8, 4) is 0 Å². The number of nitrogens with zero attached hydrogens (tertiary/aromatic N) is 2. The van der Waals surface area contributed by atoms with Crippen molar-refractivity contribution in [2.45, 2.75) is 23.3 Å². The summed E-state index contributed by atoms with van der Waals surface area (Å²) in [7, 11) is -6.27. The molecule has 0 fully saturated rings. The molecule has 120 valence electrons. The van der Waals surface area contributed by atoms with Crippen LogP contribution in [-0.2, 0) is 26.4 Å². The molecule has 1 aromatic carbocycles. The van der Waals surface area contributed by atoms with Crippen molar-refractivity contribution in [3.63, 3.8) is 0 Å². The predicted molar refractivity (Wildman–Crippen MR) is 79.4 cm³/mol. The Morgan fingerprint density at radius 3 is 2.23 bits per heavy atom. The number of rotatable bonds is 5. The monoisotopic (exact) mass is 344 g/mol. The van der Waals surface area contributed by atoms with E-state index >= 15 is 0 Å². The normalized spacial score (nSPS) is 12.7. The summed E-state index contributed by atoms with van der Waals surface area (Å²) in [5, 5.41) is 3.73. The van der Waals surface area contributed by atoms with Crippen LogP contribution in [0.2, 0.25) is 0 Å². The lowest BCUT2D eigenvalue weighted by molar-refractivity contribution is 0.378. The first kappa shape index (κ1) is 16.7. The van der Waals surface area contributed by atoms with Crippen molar-refractivity contribution in [2.75, 3.05) is 13.3 Å². The zero-order chi connectivity index (χ0) is 16.5. The Hall–Kier alpha value is -1.71. The molecule has 0 aliphatic carbocycles. The Morgan fingerprint density at radius 2 is 1.73 bits per heavy atom. The Bertz CT molecular complexity index is 885. The predicted octanol–water partition coefficient (Wildman–Crippen LogP) is 1.21. The third-order valence-corrected chi connectivity index (χ3v) is 6.14. The topological polar surface area (TPSA) is 97.6 Å². The number of sulfone groups is 1. The van der Waals surface area contributed by atoms with Crippen LogP contribution in [0.25, 0.3) is 0 Å². The zero-order valence-electron chi connectivity index (χ0n) is 12.3. The molecule has 22 heavy (non-hydrogen) atoms. The minimum Gasteiger partial charge on any atom is -0.361 e. The fourth-order valence-corrected chi connectivity index (χ4v) is 4.68. The molecule has 1 heterocycles. The summed E-state index contributed by atoms with van der Waals surface area (Å²) >= 11 is 0. The van der Waals surface area contributed by atoms with Gasteiger partial charge in [0.15, 0.2) is 9.84 Å². The molecule has 0 spiro atoms. The molecule has 0 saturated heterocycles. The molecular weight excluding hydrogens is 328 g/mol. The lowest BCUT2D eigenvalue weighted by Crippen LogP contribution is -2.28. The van der Waals surface area contributed by atoms with E-state index in [0.29, 0.717) is 11.5 Å². The van der Waals surface area contributed by atoms with Crippen LogP contribution in [0.3, 0.4) is 0 Å². The summed E-state index contributed by atoms with van der Waals surface area (Å²) in [5.74, 6) is 0.567. The molecule has 0 saturated carbocycles. The molecule has 0 unspecified atom stereocenters. The standard InChI is InChI=1S/C13H16N2O5S2/c1-10-8-11(14-20-10)9-15(2)22(18,19)13-7-5-4-6-12(13)21(3,16)17/h4-8H,9H2,1-3H3. The number of sulfonamides is 1. The highest BCUT2D eigenvalue weighted by Gasteiger charge is 2.27. The van der Waals surface area contributed by atoms with Gasteiger partial charge in [-0.2, -0.15) is 4.31 Å². The van der Waals surface area contributed by atoms with Crippen molar-refractivity contribution in [3.05, 3.63) is 41.8 Å². The summed E-state index contributed by atoms with van der Waals surface area (Å²) in [6.07, 6.45) is 0.975. The van der Waals surface area contributed by atoms with Gasteiger partial charge in [-0.1, -0.05) is 17.3 Å². The molecule has 2 rings (SSSR count). The van der Waals surface area contributed by atoms with Crippen LogP contribution in [0, 0.1) is 6.92 Å². The molecular formula is C13H16N2O5S2. The van der Waals surface area contributed by atoms with Gasteiger partial charge in [0.2, 0.25) is 10.0 Å². The van der Waals surface area contributed by atoms with Gasteiger partial charge in [0.25, 0.3) is 0 Å². The van der Waals surface area contributed by atoms with Gasteiger partial charge >= 0.3 is 0 Å². The van der Waals surface area contributed by atoms with Gasteiger partial charge in [-0.3, -0.25) is 0 Å². The molecule has 0 N–H and O–H groups in total. The van der Waals surface area contributed by atoms with Crippen LogP contribution in [0.15, 0.2) is 44.6 Å². The fourth-order valence-electron chi connectivity index (χ4n) is 1.94. The average molecular weight is 344 g/mol. The Balaban J connectivity index is 2.43. The summed E-state index contributed by atoms with van der Waals surface area (Å²) in [4.78, 5) is -0.474. The first-order valence-electron chi connectivity index (χ1n) is 6.30. The highest BCUT2D eigenvalue weighted by molar-refractivity contribution is 7.93. The first-order valence-corrected chi connectivity index (χ1v) is 9.63. The number of hydrogen-bond acceptors (Lipinski definition) is 6. The van der Waals surface area contributed by atoms with Gasteiger partial charge in [0.1, 0.15) is 10.7 Å². The number of aryl methyl sites for hydroxylation is 1. The van der Waals surface area contributed by atoms with Crippen molar-refractivity contribution in [2.24, 2.45) is 0 Å². The highest BCUT2D eigenvalue weighted by atomic mass is 32.2. The van der Waals surface area contributed by atoms with Crippen molar-refractivity contribution in [1.29, 1.82) is 0 Å². The van der Waals surface area contributed by atoms with Gasteiger partial charge in [0, 0.05) is 19.4 Å². The van der Waals surface area contributed by atoms with E-state index in [0.717, 1.165) is 10.6 Å². The van der Waals surface area contributed by atoms with Crippen LogP contribution in [0.5, 0.6) is 0 Å². The minimum absolute atomic E-state index is 0.0161. The van der Waals surface area contributed by atoms with E-state index in [2.05, 4.69) is 5.16 Å². The SMILES string of the molecule is Cc1cc(CN(C)S(=O)(=O)c2ccccc2S(C)(=O)=O)no1. The van der Waals surface area contributed by atoms with Crippen molar-refractivity contribution >= 4 is 19.9 Å². The van der Waals surface area contributed by atoms with Crippen molar-refractivity contribution in [1.82, 2.24) is 9.46 Å². The maximum atomic E-state index is 12.6. The summed E-state index contributed by atoms with van der Waals surface area (Å²) < 4.78 is 54.7. The fraction of sp³-hybridized carbons (Fsp3) is 0.308. The zero-order valence-corrected chi connectivity index (χ0v) is 14.0. The van der Waals surface area contributed by atoms with Gasteiger partial charge in [-0.25, -0.2) is 16.8 Å². The van der Waals surface area contributed by atoms with Gasteiger partial charge in [-0.05, 0) is 19.1 Å². The van der Waals surface area contributed by atoms with Crippen molar-refractivity contribution < 1.29 is 21.4 Å². The lowest BCUT2D eigenvalue weighted by Gasteiger charge is -2.17. The minimum atomic E-state index is -3.97. The van der Waals surface area contributed by atoms with Crippen LogP contribution in [0.4, 0.5) is 0 Å². The molecule has 1 aromatic heterocycles. The third-order valence-electron chi connectivity index (χ3n) is 3.00.